The highest BCUT2D eigenvalue weighted by atomic mass is 79.9. The van der Waals surface area contributed by atoms with Crippen LogP contribution in [-0.4, -0.2) is 12.8 Å². The number of aryl methyl sites for hydroxylation is 1. The minimum absolute atomic E-state index is 0.0700. The van der Waals surface area contributed by atoms with Crippen LogP contribution in [0.3, 0.4) is 0 Å². The molecule has 1 heterocycles. The third-order valence-electron chi connectivity index (χ3n) is 3.14. The number of rotatable bonds is 4. The van der Waals surface area contributed by atoms with Crippen molar-refractivity contribution in [3.63, 3.8) is 0 Å². The van der Waals surface area contributed by atoms with Gasteiger partial charge in [0, 0.05) is 29.2 Å². The standard InChI is InChI=1S/C15H16BrNO2/c1-10(18)12-4-5-15(14(16)8-12)17(3)9-13-6-7-19-11(13)2/h4-8H,9H2,1-3H3. The normalized spacial score (nSPS) is 10.5. The van der Waals surface area contributed by atoms with E-state index in [1.54, 1.807) is 13.2 Å². The highest BCUT2D eigenvalue weighted by molar-refractivity contribution is 9.10. The molecule has 0 aliphatic carbocycles. The summed E-state index contributed by atoms with van der Waals surface area (Å²) in [6.07, 6.45) is 1.70. The first-order valence-electron chi connectivity index (χ1n) is 6.03. The molecule has 1 aromatic heterocycles. The van der Waals surface area contributed by atoms with Crippen molar-refractivity contribution in [2.75, 3.05) is 11.9 Å². The molecule has 0 bridgehead atoms. The highest BCUT2D eigenvalue weighted by Gasteiger charge is 2.11. The molecule has 0 saturated heterocycles. The SMILES string of the molecule is CC(=O)c1ccc(N(C)Cc2ccoc2C)c(Br)c1. The van der Waals surface area contributed by atoms with E-state index in [1.807, 2.05) is 38.2 Å². The van der Waals surface area contributed by atoms with E-state index in [1.165, 1.54) is 0 Å². The summed E-state index contributed by atoms with van der Waals surface area (Å²) < 4.78 is 6.22. The third-order valence-corrected chi connectivity index (χ3v) is 3.77. The number of halogens is 1. The summed E-state index contributed by atoms with van der Waals surface area (Å²) in [6, 6.07) is 7.64. The van der Waals surface area contributed by atoms with Crippen LogP contribution in [0.2, 0.25) is 0 Å². The van der Waals surface area contributed by atoms with Crippen LogP contribution >= 0.6 is 15.9 Å². The number of Topliss-reactive ketones (excluding diaryl/α,β-unsaturated/α-hetero) is 1. The van der Waals surface area contributed by atoms with Crippen LogP contribution in [0.5, 0.6) is 0 Å². The Labute approximate surface area is 121 Å². The number of nitrogens with zero attached hydrogens (tertiary/aromatic N) is 1. The lowest BCUT2D eigenvalue weighted by Gasteiger charge is -2.20. The number of ketones is 1. The van der Waals surface area contributed by atoms with Crippen molar-refractivity contribution in [1.29, 1.82) is 0 Å². The van der Waals surface area contributed by atoms with Crippen LogP contribution in [0.25, 0.3) is 0 Å². The molecule has 2 aromatic rings. The fraction of sp³-hybridized carbons (Fsp3) is 0.267. The third kappa shape index (κ3) is 3.07. The molecule has 0 amide bonds. The van der Waals surface area contributed by atoms with Crippen molar-refractivity contribution >= 4 is 27.4 Å². The van der Waals surface area contributed by atoms with E-state index < -0.39 is 0 Å². The van der Waals surface area contributed by atoms with E-state index in [9.17, 15) is 4.79 Å². The Kier molecular flexibility index (Phi) is 4.10. The maximum absolute atomic E-state index is 11.3. The van der Waals surface area contributed by atoms with Crippen molar-refractivity contribution in [2.24, 2.45) is 0 Å². The molecule has 0 N–H and O–H groups in total. The van der Waals surface area contributed by atoms with Gasteiger partial charge in [-0.3, -0.25) is 4.79 Å². The van der Waals surface area contributed by atoms with Crippen molar-refractivity contribution in [3.05, 3.63) is 51.9 Å². The van der Waals surface area contributed by atoms with E-state index in [0.29, 0.717) is 5.56 Å². The fourth-order valence-corrected chi connectivity index (χ4v) is 2.63. The van der Waals surface area contributed by atoms with Gasteiger partial charge in [-0.25, -0.2) is 0 Å². The minimum Gasteiger partial charge on any atom is -0.469 e. The number of furan rings is 1. The average Bonchev–Trinajstić information content (AvgIpc) is 2.74. The van der Waals surface area contributed by atoms with Crippen LogP contribution in [0.1, 0.15) is 28.6 Å². The quantitative estimate of drug-likeness (QED) is 0.792. The first-order chi connectivity index (χ1) is 8.99. The summed E-state index contributed by atoms with van der Waals surface area (Å²) in [6.45, 7) is 4.29. The summed E-state index contributed by atoms with van der Waals surface area (Å²) in [4.78, 5) is 13.4. The Morgan fingerprint density at radius 1 is 1.37 bits per heavy atom. The van der Waals surface area contributed by atoms with Gasteiger partial charge in [0.05, 0.1) is 12.0 Å². The zero-order valence-corrected chi connectivity index (χ0v) is 12.8. The predicted molar refractivity (Wildman–Crippen MR) is 79.7 cm³/mol. The van der Waals surface area contributed by atoms with Gasteiger partial charge in [0.25, 0.3) is 0 Å². The Morgan fingerprint density at radius 2 is 2.11 bits per heavy atom. The molecule has 4 heteroatoms. The van der Waals surface area contributed by atoms with E-state index in [-0.39, 0.29) is 5.78 Å². The Morgan fingerprint density at radius 3 is 2.63 bits per heavy atom. The second kappa shape index (κ2) is 5.61. The van der Waals surface area contributed by atoms with Crippen molar-refractivity contribution in [1.82, 2.24) is 0 Å². The topological polar surface area (TPSA) is 33.5 Å². The van der Waals surface area contributed by atoms with E-state index in [4.69, 9.17) is 4.42 Å². The van der Waals surface area contributed by atoms with Gasteiger partial charge in [0.2, 0.25) is 0 Å². The van der Waals surface area contributed by atoms with Gasteiger partial charge < -0.3 is 9.32 Å². The molecular formula is C15H16BrNO2. The smallest absolute Gasteiger partial charge is 0.159 e. The molecule has 2 rings (SSSR count). The summed E-state index contributed by atoms with van der Waals surface area (Å²) >= 11 is 3.52. The van der Waals surface area contributed by atoms with Crippen LogP contribution in [0.4, 0.5) is 5.69 Å². The molecule has 0 aliphatic heterocycles. The Hall–Kier alpha value is -1.55. The van der Waals surface area contributed by atoms with Gasteiger partial charge in [-0.2, -0.15) is 0 Å². The van der Waals surface area contributed by atoms with Crippen LogP contribution in [-0.2, 0) is 6.54 Å². The zero-order chi connectivity index (χ0) is 14.0. The van der Waals surface area contributed by atoms with Gasteiger partial charge in [-0.05, 0) is 54.0 Å². The van der Waals surface area contributed by atoms with Gasteiger partial charge >= 0.3 is 0 Å². The Balaban J connectivity index is 2.22. The van der Waals surface area contributed by atoms with Gasteiger partial charge in [-0.1, -0.05) is 0 Å². The summed E-state index contributed by atoms with van der Waals surface area (Å²) in [5.41, 5.74) is 2.92. The maximum atomic E-state index is 11.3. The van der Waals surface area contributed by atoms with Gasteiger partial charge in [0.1, 0.15) is 5.76 Å². The van der Waals surface area contributed by atoms with E-state index in [0.717, 1.165) is 28.0 Å². The van der Waals surface area contributed by atoms with Crippen LogP contribution < -0.4 is 4.90 Å². The molecule has 0 unspecified atom stereocenters. The molecule has 0 spiro atoms. The number of hydrogen-bond acceptors (Lipinski definition) is 3. The molecule has 100 valence electrons. The molecule has 0 fully saturated rings. The summed E-state index contributed by atoms with van der Waals surface area (Å²) in [7, 11) is 2.01. The van der Waals surface area contributed by atoms with Crippen LogP contribution in [0, 0.1) is 6.92 Å². The van der Waals surface area contributed by atoms with E-state index in [2.05, 4.69) is 20.8 Å². The molecule has 0 aliphatic rings. The molecule has 3 nitrogen and oxygen atoms in total. The summed E-state index contributed by atoms with van der Waals surface area (Å²) in [5, 5.41) is 0. The minimum atomic E-state index is 0.0700. The summed E-state index contributed by atoms with van der Waals surface area (Å²) in [5.74, 6) is 1.00. The number of benzene rings is 1. The number of carbonyl (C=O) groups excluding carboxylic acids is 1. The van der Waals surface area contributed by atoms with Crippen LogP contribution in [0.15, 0.2) is 39.4 Å². The lowest BCUT2D eigenvalue weighted by Crippen LogP contribution is -2.17. The Bertz CT molecular complexity index is 604. The largest absolute Gasteiger partial charge is 0.469 e. The monoisotopic (exact) mass is 321 g/mol. The highest BCUT2D eigenvalue weighted by Crippen LogP contribution is 2.28. The lowest BCUT2D eigenvalue weighted by molar-refractivity contribution is 0.101. The predicted octanol–water partition coefficient (Wildman–Crippen LogP) is 4.19. The number of anilines is 1. The fourth-order valence-electron chi connectivity index (χ4n) is 1.95. The molecule has 0 radical (unpaired) electrons. The molecule has 0 saturated carbocycles. The first kappa shape index (κ1) is 13.9. The second-order valence-corrected chi connectivity index (χ2v) is 5.43. The van der Waals surface area contributed by atoms with E-state index >= 15 is 0 Å². The number of carbonyl (C=O) groups is 1. The first-order valence-corrected chi connectivity index (χ1v) is 6.83. The zero-order valence-electron chi connectivity index (χ0n) is 11.2. The molecule has 19 heavy (non-hydrogen) atoms. The van der Waals surface area contributed by atoms with Gasteiger partial charge in [-0.15, -0.1) is 0 Å². The van der Waals surface area contributed by atoms with Crippen molar-refractivity contribution < 1.29 is 9.21 Å². The van der Waals surface area contributed by atoms with Gasteiger partial charge in [0.15, 0.2) is 5.78 Å². The van der Waals surface area contributed by atoms with Crippen molar-refractivity contribution in [3.8, 4) is 0 Å². The molecular weight excluding hydrogens is 306 g/mol. The number of hydrogen-bond donors (Lipinski definition) is 0. The maximum Gasteiger partial charge on any atom is 0.159 e. The lowest BCUT2D eigenvalue weighted by atomic mass is 10.1. The molecule has 1 aromatic carbocycles. The van der Waals surface area contributed by atoms with Crippen molar-refractivity contribution in [2.45, 2.75) is 20.4 Å². The second-order valence-electron chi connectivity index (χ2n) is 4.58. The molecule has 0 atom stereocenters. The average molecular weight is 322 g/mol.